The van der Waals surface area contributed by atoms with Crippen molar-refractivity contribution >= 4 is 21.4 Å². The molecule has 1 unspecified atom stereocenters. The summed E-state index contributed by atoms with van der Waals surface area (Å²) < 4.78 is 31.6. The lowest BCUT2D eigenvalue weighted by atomic mass is 10.3. The minimum Gasteiger partial charge on any atom is -0.380 e. The van der Waals surface area contributed by atoms with Crippen LogP contribution in [0.2, 0.25) is 0 Å². The summed E-state index contributed by atoms with van der Waals surface area (Å²) in [6.45, 7) is 1.48. The zero-order valence-corrected chi connectivity index (χ0v) is 11.3. The predicted molar refractivity (Wildman–Crippen MR) is 66.4 cm³/mol. The molecule has 0 aromatic carbocycles. The van der Waals surface area contributed by atoms with E-state index in [0.29, 0.717) is 24.0 Å². The van der Waals surface area contributed by atoms with Gasteiger partial charge in [0.25, 0.3) is 10.0 Å². The third kappa shape index (κ3) is 2.53. The van der Waals surface area contributed by atoms with E-state index in [1.54, 1.807) is 19.2 Å². The molecule has 1 aliphatic heterocycles. The lowest BCUT2D eigenvalue weighted by Gasteiger charge is -2.21. The maximum Gasteiger partial charge on any atom is 0.252 e. The van der Waals surface area contributed by atoms with Crippen LogP contribution in [0.4, 0.5) is 0 Å². The summed E-state index contributed by atoms with van der Waals surface area (Å²) in [6.07, 6.45) is 0.755. The highest BCUT2D eigenvalue weighted by Crippen LogP contribution is 2.26. The third-order valence-electron chi connectivity index (χ3n) is 2.89. The van der Waals surface area contributed by atoms with E-state index >= 15 is 0 Å². The van der Waals surface area contributed by atoms with Gasteiger partial charge in [-0.05, 0) is 18.6 Å². The summed E-state index contributed by atoms with van der Waals surface area (Å²) in [7, 11) is -1.79. The summed E-state index contributed by atoms with van der Waals surface area (Å²) in [6, 6.07) is 3.33. The van der Waals surface area contributed by atoms with Gasteiger partial charge in [-0.2, -0.15) is 4.31 Å². The van der Waals surface area contributed by atoms with Gasteiger partial charge in [0, 0.05) is 25.1 Å². The van der Waals surface area contributed by atoms with Crippen molar-refractivity contribution in [2.24, 2.45) is 5.73 Å². The fourth-order valence-electron chi connectivity index (χ4n) is 1.75. The Morgan fingerprint density at radius 1 is 1.59 bits per heavy atom. The van der Waals surface area contributed by atoms with Gasteiger partial charge in [-0.1, -0.05) is 0 Å². The van der Waals surface area contributed by atoms with E-state index in [1.165, 1.54) is 15.6 Å². The Bertz CT molecular complexity index is 477. The van der Waals surface area contributed by atoms with Crippen LogP contribution >= 0.6 is 11.3 Å². The van der Waals surface area contributed by atoms with Crippen LogP contribution in [0.3, 0.4) is 0 Å². The van der Waals surface area contributed by atoms with Gasteiger partial charge in [0.05, 0.1) is 12.6 Å². The average Bonchev–Trinajstić information content (AvgIpc) is 2.98. The monoisotopic (exact) mass is 276 g/mol. The second kappa shape index (κ2) is 5.03. The Hall–Kier alpha value is -0.470. The van der Waals surface area contributed by atoms with Crippen LogP contribution in [-0.4, -0.2) is 39.0 Å². The van der Waals surface area contributed by atoms with Crippen LogP contribution in [0.15, 0.2) is 16.3 Å². The number of nitrogens with two attached hydrogens (primary N) is 1. The fourth-order valence-corrected chi connectivity index (χ4v) is 4.55. The molecule has 1 aromatic rings. The first kappa shape index (κ1) is 13.0. The summed E-state index contributed by atoms with van der Waals surface area (Å²) in [5.41, 5.74) is 5.49. The summed E-state index contributed by atoms with van der Waals surface area (Å²) in [4.78, 5) is 0.875. The van der Waals surface area contributed by atoms with Crippen molar-refractivity contribution in [2.45, 2.75) is 23.2 Å². The zero-order valence-electron chi connectivity index (χ0n) is 9.63. The van der Waals surface area contributed by atoms with Crippen LogP contribution < -0.4 is 5.73 Å². The van der Waals surface area contributed by atoms with Crippen LogP contribution in [0.5, 0.6) is 0 Å². The van der Waals surface area contributed by atoms with Crippen LogP contribution in [0, 0.1) is 0 Å². The smallest absolute Gasteiger partial charge is 0.252 e. The molecule has 0 spiro atoms. The molecule has 5 nitrogen and oxygen atoms in total. The van der Waals surface area contributed by atoms with Crippen LogP contribution in [0.1, 0.15) is 11.3 Å². The van der Waals surface area contributed by atoms with Gasteiger partial charge in [-0.3, -0.25) is 0 Å². The van der Waals surface area contributed by atoms with E-state index < -0.39 is 10.0 Å². The largest absolute Gasteiger partial charge is 0.380 e. The highest BCUT2D eigenvalue weighted by molar-refractivity contribution is 7.91. The second-order valence-electron chi connectivity index (χ2n) is 3.96. The molecule has 96 valence electrons. The number of nitrogens with zero attached hydrogens (tertiary/aromatic N) is 1. The Labute approximate surface area is 105 Å². The third-order valence-corrected chi connectivity index (χ3v) is 6.38. The van der Waals surface area contributed by atoms with Crippen molar-refractivity contribution in [3.63, 3.8) is 0 Å². The molecule has 2 rings (SSSR count). The normalized spacial score (nSPS) is 21.2. The number of likely N-dealkylation sites (N-methyl/N-ethyl adjacent to an activating group) is 1. The fraction of sp³-hybridized carbons (Fsp3) is 0.600. The first-order valence-electron chi connectivity index (χ1n) is 5.40. The summed E-state index contributed by atoms with van der Waals surface area (Å²) >= 11 is 1.23. The molecule has 1 fully saturated rings. The Morgan fingerprint density at radius 3 is 2.88 bits per heavy atom. The molecule has 7 heteroatoms. The van der Waals surface area contributed by atoms with E-state index in [1.807, 2.05) is 0 Å². The Balaban J connectivity index is 2.22. The topological polar surface area (TPSA) is 72.6 Å². The van der Waals surface area contributed by atoms with Crippen molar-refractivity contribution in [2.75, 3.05) is 20.3 Å². The molecular weight excluding hydrogens is 260 g/mol. The van der Waals surface area contributed by atoms with Crippen molar-refractivity contribution in [3.05, 3.63) is 17.0 Å². The highest BCUT2D eigenvalue weighted by Gasteiger charge is 2.31. The molecule has 2 N–H and O–H groups in total. The predicted octanol–water partition coefficient (Wildman–Crippen LogP) is 0.616. The first-order valence-corrected chi connectivity index (χ1v) is 7.66. The highest BCUT2D eigenvalue weighted by atomic mass is 32.2. The van der Waals surface area contributed by atoms with Crippen molar-refractivity contribution in [3.8, 4) is 0 Å². The number of hydrogen-bond donors (Lipinski definition) is 1. The lowest BCUT2D eigenvalue weighted by molar-refractivity contribution is 0.181. The molecular formula is C10H16N2O3S2. The van der Waals surface area contributed by atoms with E-state index in [9.17, 15) is 8.42 Å². The molecule has 2 heterocycles. The SMILES string of the molecule is CN(C1CCOC1)S(=O)(=O)c1ccc(CN)s1. The second-order valence-corrected chi connectivity index (χ2v) is 7.36. The van der Waals surface area contributed by atoms with Crippen LogP contribution in [-0.2, 0) is 21.3 Å². The summed E-state index contributed by atoms with van der Waals surface area (Å²) in [5.74, 6) is 0. The standard InChI is InChI=1S/C10H16N2O3S2/c1-12(8-4-5-15-7-8)17(13,14)10-3-2-9(6-11)16-10/h2-3,8H,4-7,11H2,1H3. The van der Waals surface area contributed by atoms with Gasteiger partial charge in [0.1, 0.15) is 4.21 Å². The number of thiophene rings is 1. The van der Waals surface area contributed by atoms with Crippen LogP contribution in [0.25, 0.3) is 0 Å². The maximum absolute atomic E-state index is 12.3. The van der Waals surface area contributed by atoms with E-state index in [2.05, 4.69) is 0 Å². The molecule has 0 bridgehead atoms. The molecule has 0 amide bonds. The van der Waals surface area contributed by atoms with Crippen molar-refractivity contribution in [1.82, 2.24) is 4.31 Å². The molecule has 1 atom stereocenters. The number of ether oxygens (including phenoxy) is 1. The molecule has 0 aliphatic carbocycles. The Morgan fingerprint density at radius 2 is 2.35 bits per heavy atom. The minimum atomic E-state index is -3.40. The quantitative estimate of drug-likeness (QED) is 0.875. The van der Waals surface area contributed by atoms with Gasteiger partial charge in [0.2, 0.25) is 0 Å². The average molecular weight is 276 g/mol. The zero-order chi connectivity index (χ0) is 12.5. The Kier molecular flexibility index (Phi) is 3.84. The van der Waals surface area contributed by atoms with E-state index in [-0.39, 0.29) is 6.04 Å². The van der Waals surface area contributed by atoms with Crippen molar-refractivity contribution < 1.29 is 13.2 Å². The molecule has 17 heavy (non-hydrogen) atoms. The molecule has 1 saturated heterocycles. The first-order chi connectivity index (χ1) is 8.05. The van der Waals surface area contributed by atoms with E-state index in [0.717, 1.165) is 11.3 Å². The van der Waals surface area contributed by atoms with E-state index in [4.69, 9.17) is 10.5 Å². The maximum atomic E-state index is 12.3. The number of rotatable bonds is 4. The molecule has 0 radical (unpaired) electrons. The van der Waals surface area contributed by atoms with Gasteiger partial charge in [-0.25, -0.2) is 8.42 Å². The minimum absolute atomic E-state index is 0.0524. The molecule has 1 aliphatic rings. The van der Waals surface area contributed by atoms with Gasteiger partial charge in [-0.15, -0.1) is 11.3 Å². The van der Waals surface area contributed by atoms with Gasteiger partial charge >= 0.3 is 0 Å². The van der Waals surface area contributed by atoms with Gasteiger partial charge in [0.15, 0.2) is 0 Å². The number of hydrogen-bond acceptors (Lipinski definition) is 5. The number of sulfonamides is 1. The van der Waals surface area contributed by atoms with Gasteiger partial charge < -0.3 is 10.5 Å². The lowest BCUT2D eigenvalue weighted by Crippen LogP contribution is -2.36. The van der Waals surface area contributed by atoms with Crippen molar-refractivity contribution in [1.29, 1.82) is 0 Å². The summed E-state index contributed by atoms with van der Waals surface area (Å²) in [5, 5.41) is 0. The molecule has 1 aromatic heterocycles. The molecule has 0 saturated carbocycles.